The predicted molar refractivity (Wildman–Crippen MR) is 213 cm³/mol. The van der Waals surface area contributed by atoms with E-state index < -0.39 is 0 Å². The van der Waals surface area contributed by atoms with Gasteiger partial charge >= 0.3 is 0 Å². The second kappa shape index (κ2) is 19.4. The highest BCUT2D eigenvalue weighted by molar-refractivity contribution is 5.84. The number of unbranched alkanes of at least 4 members (excludes halogenated alkanes) is 3. The zero-order valence-corrected chi connectivity index (χ0v) is 32.7. The summed E-state index contributed by atoms with van der Waals surface area (Å²) >= 11 is 0. The summed E-state index contributed by atoms with van der Waals surface area (Å²) in [5.41, 5.74) is 9.80. The first-order valence-electron chi connectivity index (χ1n) is 18.2. The number of benzene rings is 3. The van der Waals surface area contributed by atoms with Gasteiger partial charge in [-0.25, -0.2) is 0 Å². The Morgan fingerprint density at radius 3 is 1.92 bits per heavy atom. The van der Waals surface area contributed by atoms with Crippen LogP contribution in [0.1, 0.15) is 151 Å². The second-order valence-electron chi connectivity index (χ2n) is 15.9. The standard InChI is InChI=1S/C17H24O2.C15H20O.C14H18O/c1-11-9-13-14(15(19-6)12(11)10-18)17(4,5)8-7-16(13,2)3;1-2-3-4-6-11-15(13-16)12-14-9-7-5-8-10-14;1-11(10-15)9-12-5-7-13(8-6-12)14(2,3)4/h9-10H,7-8H2,1-6H3;5,7-10,12-13H,2-4,6,11H2,1H3;5-10H,1-4H3/b;15-12+;11-9+. The highest BCUT2D eigenvalue weighted by Crippen LogP contribution is 2.50. The van der Waals surface area contributed by atoms with Gasteiger partial charge in [-0.1, -0.05) is 135 Å². The van der Waals surface area contributed by atoms with Gasteiger partial charge < -0.3 is 4.74 Å². The second-order valence-corrected chi connectivity index (χ2v) is 15.9. The van der Waals surface area contributed by atoms with Gasteiger partial charge in [-0.3, -0.25) is 14.4 Å². The molecule has 1 aliphatic carbocycles. The lowest BCUT2D eigenvalue weighted by Crippen LogP contribution is -2.34. The highest BCUT2D eigenvalue weighted by Gasteiger charge is 2.40. The minimum atomic E-state index is 0.0572. The van der Waals surface area contributed by atoms with Gasteiger partial charge in [-0.15, -0.1) is 0 Å². The largest absolute Gasteiger partial charge is 0.496 e. The molecule has 3 aromatic carbocycles. The molecule has 4 rings (SSSR count). The summed E-state index contributed by atoms with van der Waals surface area (Å²) in [7, 11) is 1.67. The van der Waals surface area contributed by atoms with Gasteiger partial charge in [0, 0.05) is 5.56 Å². The molecule has 0 heterocycles. The van der Waals surface area contributed by atoms with Crippen LogP contribution in [-0.2, 0) is 25.8 Å². The molecule has 0 atom stereocenters. The molecule has 4 heteroatoms. The van der Waals surface area contributed by atoms with Gasteiger partial charge in [0.05, 0.1) is 12.7 Å². The Kier molecular flexibility index (Phi) is 16.3. The number of methoxy groups -OCH3 is 1. The summed E-state index contributed by atoms with van der Waals surface area (Å²) in [6, 6.07) is 20.5. The SMILES string of the molecule is C/C(C=O)=C\c1ccc(C(C)(C)C)cc1.CCCCCC/C(C=O)=C\c1ccccc1.COc1c(C=O)c(C)cc2c1C(C)(C)CCC2(C)C. The third kappa shape index (κ3) is 12.4. The molecule has 0 unspecified atom stereocenters. The Morgan fingerprint density at radius 1 is 0.800 bits per heavy atom. The molecule has 0 aromatic heterocycles. The number of carbonyl (C=O) groups excluding carboxylic acids is 3. The Morgan fingerprint density at radius 2 is 1.40 bits per heavy atom. The van der Waals surface area contributed by atoms with Gasteiger partial charge in [0.15, 0.2) is 6.29 Å². The van der Waals surface area contributed by atoms with Crippen LogP contribution >= 0.6 is 0 Å². The number of rotatable bonds is 11. The number of hydrogen-bond donors (Lipinski definition) is 0. The topological polar surface area (TPSA) is 60.4 Å². The normalized spacial score (nSPS) is 14.9. The minimum absolute atomic E-state index is 0.0572. The first-order chi connectivity index (χ1) is 23.5. The van der Waals surface area contributed by atoms with Crippen molar-refractivity contribution in [2.45, 2.75) is 130 Å². The summed E-state index contributed by atoms with van der Waals surface area (Å²) in [4.78, 5) is 32.8. The van der Waals surface area contributed by atoms with E-state index in [1.165, 1.54) is 36.0 Å². The molecule has 0 N–H and O–H groups in total. The molecule has 0 bridgehead atoms. The molecule has 0 spiro atoms. The summed E-state index contributed by atoms with van der Waals surface area (Å²) in [6.45, 7) is 21.6. The Bertz CT molecular complexity index is 1600. The van der Waals surface area contributed by atoms with Crippen LogP contribution in [-0.4, -0.2) is 26.0 Å². The predicted octanol–water partition coefficient (Wildman–Crippen LogP) is 12.0. The van der Waals surface area contributed by atoms with E-state index in [0.29, 0.717) is 5.56 Å². The van der Waals surface area contributed by atoms with Crippen molar-refractivity contribution >= 4 is 31.0 Å². The van der Waals surface area contributed by atoms with E-state index in [1.54, 1.807) is 7.11 Å². The molecule has 0 fully saturated rings. The number of aryl methyl sites for hydroxylation is 1. The molecular weight excluding hydrogens is 617 g/mol. The van der Waals surface area contributed by atoms with E-state index >= 15 is 0 Å². The highest BCUT2D eigenvalue weighted by atomic mass is 16.5. The van der Waals surface area contributed by atoms with Gasteiger partial charge in [0.1, 0.15) is 18.3 Å². The van der Waals surface area contributed by atoms with Crippen molar-refractivity contribution < 1.29 is 19.1 Å². The number of hydrogen-bond acceptors (Lipinski definition) is 4. The van der Waals surface area contributed by atoms with Crippen LogP contribution < -0.4 is 4.74 Å². The van der Waals surface area contributed by atoms with E-state index in [-0.39, 0.29) is 16.2 Å². The fourth-order valence-electron chi connectivity index (χ4n) is 6.31. The molecule has 0 aliphatic heterocycles. The van der Waals surface area contributed by atoms with E-state index in [4.69, 9.17) is 4.74 Å². The lowest BCUT2D eigenvalue weighted by atomic mass is 9.62. The first kappa shape index (κ1) is 42.1. The maximum atomic E-state index is 11.4. The van der Waals surface area contributed by atoms with Crippen molar-refractivity contribution in [3.05, 3.63) is 111 Å². The number of allylic oxidation sites excluding steroid dienone is 2. The van der Waals surface area contributed by atoms with Gasteiger partial charge in [0.2, 0.25) is 0 Å². The van der Waals surface area contributed by atoms with Gasteiger partial charge in [-0.2, -0.15) is 0 Å². The lowest BCUT2D eigenvalue weighted by molar-refractivity contribution is -0.105. The molecule has 3 aromatic rings. The third-order valence-electron chi connectivity index (χ3n) is 9.61. The van der Waals surface area contributed by atoms with Crippen LogP contribution in [0, 0.1) is 6.92 Å². The molecule has 4 nitrogen and oxygen atoms in total. The summed E-state index contributed by atoms with van der Waals surface area (Å²) < 4.78 is 5.61. The summed E-state index contributed by atoms with van der Waals surface area (Å²) in [6.07, 6.45) is 14.7. The van der Waals surface area contributed by atoms with Crippen molar-refractivity contribution in [3.8, 4) is 5.75 Å². The van der Waals surface area contributed by atoms with Crippen molar-refractivity contribution in [1.82, 2.24) is 0 Å². The molecule has 50 heavy (non-hydrogen) atoms. The molecule has 0 radical (unpaired) electrons. The average Bonchev–Trinajstić information content (AvgIpc) is 3.08. The van der Waals surface area contributed by atoms with Crippen molar-refractivity contribution in [2.24, 2.45) is 0 Å². The number of ether oxygens (including phenoxy) is 1. The average molecular weight is 679 g/mol. The van der Waals surface area contributed by atoms with Crippen LogP contribution in [0.15, 0.2) is 71.8 Å². The fraction of sp³-hybridized carbons (Fsp3) is 0.457. The van der Waals surface area contributed by atoms with E-state index in [9.17, 15) is 14.4 Å². The van der Waals surface area contributed by atoms with E-state index in [2.05, 4.69) is 73.6 Å². The zero-order valence-electron chi connectivity index (χ0n) is 32.7. The van der Waals surface area contributed by atoms with E-state index in [1.807, 2.05) is 68.5 Å². The van der Waals surface area contributed by atoms with Crippen LogP contribution in [0.5, 0.6) is 5.75 Å². The molecule has 0 saturated heterocycles. The van der Waals surface area contributed by atoms with Crippen LogP contribution in [0.2, 0.25) is 0 Å². The monoisotopic (exact) mass is 678 g/mol. The molecule has 0 amide bonds. The quantitative estimate of drug-likeness (QED) is 0.115. The van der Waals surface area contributed by atoms with Crippen LogP contribution in [0.3, 0.4) is 0 Å². The maximum Gasteiger partial charge on any atom is 0.154 e. The number of aldehydes is 3. The fourth-order valence-corrected chi connectivity index (χ4v) is 6.31. The Labute approximate surface area is 303 Å². The zero-order chi connectivity index (χ0) is 37.5. The Balaban J connectivity index is 0.000000263. The smallest absolute Gasteiger partial charge is 0.154 e. The first-order valence-corrected chi connectivity index (χ1v) is 18.2. The number of carbonyl (C=O) groups is 3. The summed E-state index contributed by atoms with van der Waals surface area (Å²) in [5, 5.41) is 0. The maximum absolute atomic E-state index is 11.4. The van der Waals surface area contributed by atoms with Crippen molar-refractivity contribution in [2.75, 3.05) is 7.11 Å². The Hall–Kier alpha value is -4.05. The van der Waals surface area contributed by atoms with E-state index in [0.717, 1.165) is 78.1 Å². The molecular formula is C46H62O4. The minimum Gasteiger partial charge on any atom is -0.496 e. The van der Waals surface area contributed by atoms with Gasteiger partial charge in [0.25, 0.3) is 0 Å². The summed E-state index contributed by atoms with van der Waals surface area (Å²) in [5.74, 6) is 0.780. The van der Waals surface area contributed by atoms with Crippen LogP contribution in [0.4, 0.5) is 0 Å². The van der Waals surface area contributed by atoms with Crippen molar-refractivity contribution in [1.29, 1.82) is 0 Å². The third-order valence-corrected chi connectivity index (χ3v) is 9.61. The molecule has 1 aliphatic rings. The molecule has 270 valence electrons. The molecule has 0 saturated carbocycles. The van der Waals surface area contributed by atoms with Crippen LogP contribution in [0.25, 0.3) is 12.2 Å². The lowest BCUT2D eigenvalue weighted by Gasteiger charge is -2.43. The van der Waals surface area contributed by atoms with Crippen molar-refractivity contribution in [3.63, 3.8) is 0 Å². The number of fused-ring (bicyclic) bond motifs is 1. The van der Waals surface area contributed by atoms with Gasteiger partial charge in [-0.05, 0) is 107 Å².